The second-order valence-corrected chi connectivity index (χ2v) is 13.8. The molecule has 0 aliphatic carbocycles. The maximum absolute atomic E-state index is 14.6. The molecule has 0 saturated heterocycles. The molecule has 236 valence electrons. The molecule has 1 unspecified atom stereocenters. The molecule has 9 heteroatoms. The predicted molar refractivity (Wildman–Crippen MR) is 178 cm³/mol. The number of para-hydroxylation sites is 1. The first-order valence-corrected chi connectivity index (χ1v) is 16.2. The molecule has 1 N–H and O–H groups in total. The Morgan fingerprint density at radius 3 is 2.04 bits per heavy atom. The molecule has 2 amide bonds. The highest BCUT2D eigenvalue weighted by Crippen LogP contribution is 2.28. The van der Waals surface area contributed by atoms with Crippen LogP contribution in [0.4, 0.5) is 5.69 Å². The van der Waals surface area contributed by atoms with Gasteiger partial charge in [-0.05, 0) is 74.7 Å². The molecule has 0 bridgehead atoms. The molecule has 4 aromatic rings. The van der Waals surface area contributed by atoms with Crippen LogP contribution in [0.2, 0.25) is 0 Å². The third kappa shape index (κ3) is 8.73. The van der Waals surface area contributed by atoms with Gasteiger partial charge in [-0.1, -0.05) is 78.9 Å². The molecule has 4 aromatic carbocycles. The summed E-state index contributed by atoms with van der Waals surface area (Å²) in [6.45, 7) is 6.98. The van der Waals surface area contributed by atoms with E-state index in [1.165, 1.54) is 17.0 Å². The van der Waals surface area contributed by atoms with Crippen LogP contribution in [0.25, 0.3) is 0 Å². The van der Waals surface area contributed by atoms with E-state index >= 15 is 0 Å². The van der Waals surface area contributed by atoms with Crippen LogP contribution in [-0.4, -0.2) is 50.4 Å². The monoisotopic (exact) mass is 627 g/mol. The Morgan fingerprint density at radius 1 is 0.822 bits per heavy atom. The number of hydrogen-bond acceptors (Lipinski definition) is 5. The molecule has 4 rings (SSSR count). The van der Waals surface area contributed by atoms with Gasteiger partial charge in [0, 0.05) is 18.5 Å². The van der Waals surface area contributed by atoms with Gasteiger partial charge in [-0.15, -0.1) is 0 Å². The molecule has 0 spiro atoms. The minimum Gasteiger partial charge on any atom is -0.497 e. The summed E-state index contributed by atoms with van der Waals surface area (Å²) >= 11 is 0. The van der Waals surface area contributed by atoms with Crippen LogP contribution in [-0.2, 0) is 32.6 Å². The van der Waals surface area contributed by atoms with Crippen LogP contribution >= 0.6 is 0 Å². The number of carbonyl (C=O) groups excluding carboxylic acids is 2. The van der Waals surface area contributed by atoms with Crippen molar-refractivity contribution in [3.63, 3.8) is 0 Å². The summed E-state index contributed by atoms with van der Waals surface area (Å²) in [5, 5.41) is 3.04. The molecule has 0 aliphatic rings. The molecule has 0 radical (unpaired) electrons. The lowest BCUT2D eigenvalue weighted by Gasteiger charge is -2.35. The maximum Gasteiger partial charge on any atom is 0.264 e. The van der Waals surface area contributed by atoms with Crippen molar-refractivity contribution in [2.24, 2.45) is 0 Å². The summed E-state index contributed by atoms with van der Waals surface area (Å²) in [5.41, 5.74) is 2.10. The number of ether oxygens (including phenoxy) is 1. The third-order valence-electron chi connectivity index (χ3n) is 7.25. The Kier molecular flexibility index (Phi) is 10.7. The first-order chi connectivity index (χ1) is 21.4. The summed E-state index contributed by atoms with van der Waals surface area (Å²) in [5.74, 6) is -0.256. The lowest BCUT2D eigenvalue weighted by molar-refractivity contribution is -0.140. The summed E-state index contributed by atoms with van der Waals surface area (Å²) in [4.78, 5) is 30.1. The van der Waals surface area contributed by atoms with Gasteiger partial charge < -0.3 is 15.0 Å². The number of amides is 2. The molecule has 1 atom stereocenters. The van der Waals surface area contributed by atoms with Crippen molar-refractivity contribution in [2.45, 2.75) is 57.1 Å². The van der Waals surface area contributed by atoms with Gasteiger partial charge in [0.15, 0.2) is 0 Å². The fourth-order valence-corrected chi connectivity index (χ4v) is 6.55. The minimum atomic E-state index is -4.16. The van der Waals surface area contributed by atoms with Gasteiger partial charge in [-0.2, -0.15) is 0 Å². The maximum atomic E-state index is 14.6. The first-order valence-electron chi connectivity index (χ1n) is 14.8. The molecule has 45 heavy (non-hydrogen) atoms. The van der Waals surface area contributed by atoms with E-state index in [0.717, 1.165) is 15.4 Å². The lowest BCUT2D eigenvalue weighted by atomic mass is 10.0. The van der Waals surface area contributed by atoms with E-state index < -0.39 is 34.1 Å². The van der Waals surface area contributed by atoms with E-state index in [9.17, 15) is 18.0 Å². The van der Waals surface area contributed by atoms with Crippen molar-refractivity contribution < 1.29 is 22.7 Å². The van der Waals surface area contributed by atoms with Crippen LogP contribution in [0, 0.1) is 6.92 Å². The van der Waals surface area contributed by atoms with Gasteiger partial charge in [-0.3, -0.25) is 13.9 Å². The van der Waals surface area contributed by atoms with Crippen LogP contribution in [0.1, 0.15) is 37.5 Å². The number of anilines is 1. The van der Waals surface area contributed by atoms with Gasteiger partial charge in [0.1, 0.15) is 18.3 Å². The second kappa shape index (κ2) is 14.4. The normalized spacial score (nSPS) is 12.2. The molecule has 0 fully saturated rings. The highest BCUT2D eigenvalue weighted by atomic mass is 32.2. The topological polar surface area (TPSA) is 96.0 Å². The fraction of sp³-hybridized carbons (Fsp3) is 0.278. The number of aryl methyl sites for hydroxylation is 1. The Bertz CT molecular complexity index is 1700. The van der Waals surface area contributed by atoms with Crippen molar-refractivity contribution in [1.82, 2.24) is 10.2 Å². The van der Waals surface area contributed by atoms with E-state index in [-0.39, 0.29) is 23.8 Å². The van der Waals surface area contributed by atoms with Crippen molar-refractivity contribution in [3.05, 3.63) is 126 Å². The number of methoxy groups -OCH3 is 1. The van der Waals surface area contributed by atoms with Gasteiger partial charge in [0.25, 0.3) is 10.0 Å². The molecule has 0 saturated carbocycles. The molecule has 0 heterocycles. The van der Waals surface area contributed by atoms with Crippen molar-refractivity contribution >= 4 is 27.5 Å². The van der Waals surface area contributed by atoms with Crippen LogP contribution in [0.3, 0.4) is 0 Å². The third-order valence-corrected chi connectivity index (χ3v) is 9.02. The van der Waals surface area contributed by atoms with E-state index in [1.807, 2.05) is 69.3 Å². The summed E-state index contributed by atoms with van der Waals surface area (Å²) in [6, 6.07) is 30.9. The SMILES string of the molecule is COc1cccc(CN(C(=O)CN(c2ccccc2C)S(=O)(=O)c2ccccc2)C(Cc2ccccc2)C(=O)NC(C)(C)C)c1. The zero-order valence-corrected chi connectivity index (χ0v) is 27.3. The number of hydrogen-bond donors (Lipinski definition) is 1. The number of nitrogens with zero attached hydrogens (tertiary/aromatic N) is 2. The number of sulfonamides is 1. The predicted octanol–water partition coefficient (Wildman–Crippen LogP) is 5.75. The fourth-order valence-electron chi connectivity index (χ4n) is 5.05. The Morgan fingerprint density at radius 2 is 1.42 bits per heavy atom. The highest BCUT2D eigenvalue weighted by molar-refractivity contribution is 7.92. The molecule has 0 aromatic heterocycles. The molecular weight excluding hydrogens is 586 g/mol. The van der Waals surface area contributed by atoms with Crippen molar-refractivity contribution in [1.29, 1.82) is 0 Å². The average molecular weight is 628 g/mol. The molecule has 8 nitrogen and oxygen atoms in total. The van der Waals surface area contributed by atoms with E-state index in [4.69, 9.17) is 4.74 Å². The minimum absolute atomic E-state index is 0.0537. The molecular formula is C36H41N3O5S. The second-order valence-electron chi connectivity index (χ2n) is 11.9. The number of nitrogens with one attached hydrogen (secondary N) is 1. The van der Waals surface area contributed by atoms with Gasteiger partial charge in [0.2, 0.25) is 11.8 Å². The van der Waals surface area contributed by atoms with E-state index in [1.54, 1.807) is 62.6 Å². The summed E-state index contributed by atoms with van der Waals surface area (Å²) in [6.07, 6.45) is 0.230. The van der Waals surface area contributed by atoms with E-state index in [2.05, 4.69) is 5.32 Å². The standard InChI is InChI=1S/C36H41N3O5S/c1-27-15-12-13-22-32(27)39(45(42,43)31-20-10-7-11-21-31)26-34(40)38(25-29-18-14-19-30(23-29)44-5)33(35(41)37-36(2,3)4)24-28-16-8-6-9-17-28/h6-23,33H,24-26H2,1-5H3,(H,37,41). The number of rotatable bonds is 12. The van der Waals surface area contributed by atoms with Crippen molar-refractivity contribution in [3.8, 4) is 5.75 Å². The van der Waals surface area contributed by atoms with E-state index in [0.29, 0.717) is 17.0 Å². The Hall–Kier alpha value is -4.63. The zero-order valence-electron chi connectivity index (χ0n) is 26.4. The molecule has 0 aliphatic heterocycles. The number of carbonyl (C=O) groups is 2. The number of benzene rings is 4. The zero-order chi connectivity index (χ0) is 32.6. The largest absolute Gasteiger partial charge is 0.497 e. The Balaban J connectivity index is 1.83. The van der Waals surface area contributed by atoms with Gasteiger partial charge >= 0.3 is 0 Å². The van der Waals surface area contributed by atoms with Gasteiger partial charge in [-0.25, -0.2) is 8.42 Å². The van der Waals surface area contributed by atoms with Crippen LogP contribution in [0.15, 0.2) is 114 Å². The van der Waals surface area contributed by atoms with Crippen LogP contribution < -0.4 is 14.4 Å². The van der Waals surface area contributed by atoms with Crippen LogP contribution in [0.5, 0.6) is 5.75 Å². The van der Waals surface area contributed by atoms with Gasteiger partial charge in [0.05, 0.1) is 17.7 Å². The summed E-state index contributed by atoms with van der Waals surface area (Å²) in [7, 11) is -2.60. The smallest absolute Gasteiger partial charge is 0.264 e. The summed E-state index contributed by atoms with van der Waals surface area (Å²) < 4.78 is 34.8. The quantitative estimate of drug-likeness (QED) is 0.216. The first kappa shape index (κ1) is 33.3. The van der Waals surface area contributed by atoms with Crippen molar-refractivity contribution in [2.75, 3.05) is 18.0 Å². The lowest BCUT2D eigenvalue weighted by Crippen LogP contribution is -2.56. The average Bonchev–Trinajstić information content (AvgIpc) is 3.02. The highest BCUT2D eigenvalue weighted by Gasteiger charge is 2.36. The Labute approximate surface area is 266 Å².